The number of hydrogen-bond acceptors (Lipinski definition) is 11. The predicted molar refractivity (Wildman–Crippen MR) is 111 cm³/mol. The third-order valence-corrected chi connectivity index (χ3v) is 6.61. The van der Waals surface area contributed by atoms with Gasteiger partial charge in [0.25, 0.3) is 6.01 Å². The zero-order valence-electron chi connectivity index (χ0n) is 15.0. The van der Waals surface area contributed by atoms with E-state index in [0.29, 0.717) is 22.2 Å². The van der Waals surface area contributed by atoms with Crippen LogP contribution in [-0.4, -0.2) is 36.1 Å². The quantitative estimate of drug-likeness (QED) is 0.0982. The molecule has 1 heterocycles. The van der Waals surface area contributed by atoms with Crippen molar-refractivity contribution in [3.8, 4) is 11.1 Å². The molecule has 0 aliphatic heterocycles. The van der Waals surface area contributed by atoms with Crippen LogP contribution in [-0.2, 0) is 9.84 Å². The standard InChI is InChI=1S/C16H19N7O4S2/c17-5-6-29(25,26)12-4-2-9(13(14(12)28-24)15(18)22-23-20)8-1-3-10-11(7-8)27-16(19)21-10/h1-4,7,23-24H,5-6,17,20H2,(H2,18,22)(H2,19,21). The highest BCUT2D eigenvalue weighted by Gasteiger charge is 2.25. The normalized spacial score (nSPS) is 12.4. The van der Waals surface area contributed by atoms with Crippen molar-refractivity contribution in [2.45, 2.75) is 9.79 Å². The van der Waals surface area contributed by atoms with Crippen molar-refractivity contribution in [3.05, 3.63) is 35.9 Å². The molecule has 13 heteroatoms. The smallest absolute Gasteiger partial charge is 0.292 e. The summed E-state index contributed by atoms with van der Waals surface area (Å²) < 4.78 is 40.5. The van der Waals surface area contributed by atoms with E-state index in [1.165, 1.54) is 6.07 Å². The first-order valence-corrected chi connectivity index (χ1v) is 10.6. The molecule has 0 unspecified atom stereocenters. The molecule has 0 aliphatic rings. The van der Waals surface area contributed by atoms with Gasteiger partial charge in [-0.25, -0.2) is 19.8 Å². The van der Waals surface area contributed by atoms with Gasteiger partial charge >= 0.3 is 0 Å². The molecule has 0 aliphatic carbocycles. The lowest BCUT2D eigenvalue weighted by molar-refractivity contribution is 0.592. The van der Waals surface area contributed by atoms with E-state index in [4.69, 9.17) is 27.5 Å². The van der Waals surface area contributed by atoms with Gasteiger partial charge in [-0.1, -0.05) is 12.1 Å². The number of rotatable bonds is 7. The first-order valence-electron chi connectivity index (χ1n) is 8.19. The van der Waals surface area contributed by atoms with Crippen LogP contribution in [0.25, 0.3) is 22.2 Å². The predicted octanol–water partition coefficient (Wildman–Crippen LogP) is 0.458. The largest absolute Gasteiger partial charge is 0.424 e. The van der Waals surface area contributed by atoms with E-state index in [1.807, 2.05) is 0 Å². The van der Waals surface area contributed by atoms with Gasteiger partial charge in [-0.2, -0.15) is 4.98 Å². The van der Waals surface area contributed by atoms with Gasteiger partial charge in [0.05, 0.1) is 15.5 Å². The minimum Gasteiger partial charge on any atom is -0.424 e. The Morgan fingerprint density at radius 1 is 1.31 bits per heavy atom. The van der Waals surface area contributed by atoms with Crippen molar-refractivity contribution in [1.82, 2.24) is 10.5 Å². The maximum absolute atomic E-state index is 12.6. The number of anilines is 1. The van der Waals surface area contributed by atoms with Gasteiger partial charge in [-0.05, 0) is 29.3 Å². The Morgan fingerprint density at radius 3 is 2.72 bits per heavy atom. The maximum atomic E-state index is 12.6. The summed E-state index contributed by atoms with van der Waals surface area (Å²) in [6, 6.07) is 8.03. The number of aromatic nitrogens is 1. The lowest BCUT2D eigenvalue weighted by Crippen LogP contribution is -2.25. The van der Waals surface area contributed by atoms with Crippen LogP contribution >= 0.6 is 12.0 Å². The maximum Gasteiger partial charge on any atom is 0.292 e. The van der Waals surface area contributed by atoms with Crippen molar-refractivity contribution >= 4 is 44.8 Å². The summed E-state index contributed by atoms with van der Waals surface area (Å²) in [6.07, 6.45) is 0. The fourth-order valence-electron chi connectivity index (χ4n) is 2.89. The average Bonchev–Trinajstić information content (AvgIpc) is 3.05. The number of nitrogens with one attached hydrogen (secondary N) is 1. The SMILES string of the molecule is NCCS(=O)(=O)c1ccc(-c2ccc3nc(N)oc3c2)c(/C(N)=N/NN)c1SO. The lowest BCUT2D eigenvalue weighted by Gasteiger charge is -2.16. The molecule has 3 rings (SSSR count). The van der Waals surface area contributed by atoms with E-state index < -0.39 is 9.84 Å². The van der Waals surface area contributed by atoms with E-state index in [9.17, 15) is 13.0 Å². The molecule has 2 aromatic carbocycles. The summed E-state index contributed by atoms with van der Waals surface area (Å²) in [5, 5.41) is 3.75. The summed E-state index contributed by atoms with van der Waals surface area (Å²) in [6.45, 7) is -0.0769. The molecule has 1 aromatic heterocycles. The second kappa shape index (κ2) is 8.26. The van der Waals surface area contributed by atoms with Crippen molar-refractivity contribution in [1.29, 1.82) is 0 Å². The molecule has 0 saturated carbocycles. The average molecular weight is 438 g/mol. The Balaban J connectivity index is 2.32. The number of benzene rings is 2. The number of sulfone groups is 1. The van der Waals surface area contributed by atoms with Crippen LogP contribution in [0.15, 0.2) is 49.6 Å². The van der Waals surface area contributed by atoms with Crippen LogP contribution in [0.3, 0.4) is 0 Å². The van der Waals surface area contributed by atoms with E-state index in [-0.39, 0.29) is 51.5 Å². The third-order valence-electron chi connectivity index (χ3n) is 4.09. The number of hydrazone groups is 1. The molecule has 0 bridgehead atoms. The Kier molecular flexibility index (Phi) is 5.95. The minimum absolute atomic E-state index is 0.00429. The van der Waals surface area contributed by atoms with Gasteiger partial charge in [-0.3, -0.25) is 0 Å². The molecule has 3 aromatic rings. The molecular weight excluding hydrogens is 418 g/mol. The van der Waals surface area contributed by atoms with Gasteiger partial charge in [0, 0.05) is 24.2 Å². The number of fused-ring (bicyclic) bond motifs is 1. The van der Waals surface area contributed by atoms with Gasteiger partial charge < -0.3 is 26.2 Å². The molecular formula is C16H19N7O4S2. The van der Waals surface area contributed by atoms with E-state index >= 15 is 0 Å². The number of nitrogens with two attached hydrogens (primary N) is 4. The van der Waals surface area contributed by atoms with Crippen LogP contribution in [0.4, 0.5) is 6.01 Å². The Labute approximate surface area is 170 Å². The van der Waals surface area contributed by atoms with Crippen molar-refractivity contribution in [3.63, 3.8) is 0 Å². The Bertz CT molecular complexity index is 1190. The van der Waals surface area contributed by atoms with Crippen LogP contribution in [0.1, 0.15) is 5.56 Å². The first-order chi connectivity index (χ1) is 13.8. The van der Waals surface area contributed by atoms with Gasteiger partial charge in [0.1, 0.15) is 5.52 Å². The lowest BCUT2D eigenvalue weighted by atomic mass is 9.98. The van der Waals surface area contributed by atoms with Gasteiger partial charge in [-0.15, -0.1) is 5.10 Å². The van der Waals surface area contributed by atoms with E-state index in [2.05, 4.69) is 15.6 Å². The van der Waals surface area contributed by atoms with E-state index in [0.717, 1.165) is 0 Å². The number of oxazole rings is 1. The highest BCUT2D eigenvalue weighted by Crippen LogP contribution is 2.37. The molecule has 29 heavy (non-hydrogen) atoms. The molecule has 10 N–H and O–H groups in total. The van der Waals surface area contributed by atoms with Crippen molar-refractivity contribution in [2.75, 3.05) is 18.0 Å². The highest BCUT2D eigenvalue weighted by atomic mass is 32.2. The fourth-order valence-corrected chi connectivity index (χ4v) is 5.04. The number of hydrazine groups is 1. The van der Waals surface area contributed by atoms with Gasteiger partial charge in [0.2, 0.25) is 0 Å². The summed E-state index contributed by atoms with van der Waals surface area (Å²) in [5.74, 6) is 4.82. The minimum atomic E-state index is -3.77. The summed E-state index contributed by atoms with van der Waals surface area (Å²) in [7, 11) is -3.77. The molecule has 0 saturated heterocycles. The van der Waals surface area contributed by atoms with Crippen molar-refractivity contribution in [2.24, 2.45) is 22.4 Å². The molecule has 0 fully saturated rings. The molecule has 0 spiro atoms. The molecule has 0 amide bonds. The summed E-state index contributed by atoms with van der Waals surface area (Å²) in [4.78, 5) is 3.92. The van der Waals surface area contributed by atoms with Crippen LogP contribution < -0.4 is 28.6 Å². The number of nitrogen functional groups attached to an aromatic ring is 1. The number of amidine groups is 1. The fraction of sp³-hybridized carbons (Fsp3) is 0.125. The molecule has 11 nitrogen and oxygen atoms in total. The van der Waals surface area contributed by atoms with Crippen LogP contribution in [0, 0.1) is 0 Å². The second-order valence-electron chi connectivity index (χ2n) is 5.87. The number of nitrogens with zero attached hydrogens (tertiary/aromatic N) is 2. The topological polar surface area (TPSA) is 209 Å². The van der Waals surface area contributed by atoms with Crippen LogP contribution in [0.2, 0.25) is 0 Å². The van der Waals surface area contributed by atoms with Gasteiger partial charge in [0.15, 0.2) is 21.3 Å². The summed E-state index contributed by atoms with van der Waals surface area (Å²) >= 11 is 0.240. The monoisotopic (exact) mass is 437 g/mol. The Hall–Kier alpha value is -2.84. The third kappa shape index (κ3) is 3.99. The molecule has 0 radical (unpaired) electrons. The summed E-state index contributed by atoms with van der Waals surface area (Å²) in [5.41, 5.74) is 21.4. The molecule has 154 valence electrons. The zero-order chi connectivity index (χ0) is 21.2. The van der Waals surface area contributed by atoms with Crippen LogP contribution in [0.5, 0.6) is 0 Å². The Morgan fingerprint density at radius 2 is 2.07 bits per heavy atom. The first kappa shape index (κ1) is 20.9. The number of hydrogen-bond donors (Lipinski definition) is 6. The van der Waals surface area contributed by atoms with Crippen molar-refractivity contribution < 1.29 is 17.4 Å². The zero-order valence-corrected chi connectivity index (χ0v) is 16.6. The molecule has 0 atom stereocenters. The van der Waals surface area contributed by atoms with E-state index in [1.54, 1.807) is 24.3 Å². The highest BCUT2D eigenvalue weighted by molar-refractivity contribution is 7.96. The second-order valence-corrected chi connectivity index (χ2v) is 8.54.